The van der Waals surface area contributed by atoms with Gasteiger partial charge in [-0.3, -0.25) is 4.79 Å². The molecule has 0 aromatic carbocycles. The molecule has 0 unspecified atom stereocenters. The highest BCUT2D eigenvalue weighted by Gasteiger charge is 2.30. The molecule has 2 atom stereocenters. The topological polar surface area (TPSA) is 29.5 Å². The normalized spacial score (nSPS) is 27.9. The van der Waals surface area contributed by atoms with Gasteiger partial charge in [-0.2, -0.15) is 0 Å². The molecule has 1 saturated carbocycles. The number of esters is 1. The quantitative estimate of drug-likeness (QED) is 0.720. The van der Waals surface area contributed by atoms with Gasteiger partial charge in [-0.25, -0.2) is 0 Å². The second kappa shape index (κ2) is 6.07. The summed E-state index contributed by atoms with van der Waals surface area (Å²) in [5, 5.41) is 0. The molecule has 0 saturated heterocycles. The van der Waals surface area contributed by atoms with Gasteiger partial charge in [0.1, 0.15) is 0 Å². The Morgan fingerprint density at radius 1 is 1.44 bits per heavy atom. The van der Waals surface area contributed by atoms with Crippen molar-refractivity contribution < 1.29 is 9.53 Å². The van der Waals surface area contributed by atoms with Crippen LogP contribution >= 0.6 is 0 Å². The summed E-state index contributed by atoms with van der Waals surface area (Å²) in [5.41, 5.74) is 1.48. The number of likely N-dealkylation sites (N-methyl/N-ethyl adjacent to an activating group) is 1. The highest BCUT2D eigenvalue weighted by molar-refractivity contribution is 5.69. The van der Waals surface area contributed by atoms with E-state index in [4.69, 9.17) is 4.74 Å². The molecule has 0 N–H and O–H groups in total. The zero-order chi connectivity index (χ0) is 13.0. The van der Waals surface area contributed by atoms with Crippen molar-refractivity contribution in [3.8, 4) is 0 Å². The van der Waals surface area contributed by atoms with Gasteiger partial charge < -0.3 is 9.64 Å². The summed E-state index contributed by atoms with van der Waals surface area (Å²) in [4.78, 5) is 13.7. The second-order valence-electron chi connectivity index (χ2n) is 5.43. The number of hydrogen-bond acceptors (Lipinski definition) is 3. The third kappa shape index (κ3) is 3.15. The van der Waals surface area contributed by atoms with Crippen molar-refractivity contribution in [2.24, 2.45) is 11.8 Å². The largest absolute Gasteiger partial charge is 0.469 e. The third-order valence-electron chi connectivity index (χ3n) is 4.12. The van der Waals surface area contributed by atoms with E-state index < -0.39 is 0 Å². The Bertz CT molecular complexity index is 360. The summed E-state index contributed by atoms with van der Waals surface area (Å²) in [6.45, 7) is 0.999. The van der Waals surface area contributed by atoms with Gasteiger partial charge in [0.05, 0.1) is 7.11 Å². The molecule has 100 valence electrons. The van der Waals surface area contributed by atoms with Gasteiger partial charge in [0, 0.05) is 20.0 Å². The molecule has 2 rings (SSSR count). The minimum Gasteiger partial charge on any atom is -0.469 e. The van der Waals surface area contributed by atoms with Crippen molar-refractivity contribution in [2.45, 2.75) is 32.1 Å². The Labute approximate surface area is 109 Å². The molecule has 2 aliphatic rings. The molecular weight excluding hydrogens is 226 g/mol. The van der Waals surface area contributed by atoms with Crippen molar-refractivity contribution in [1.29, 1.82) is 0 Å². The molecule has 1 aliphatic heterocycles. The maximum atomic E-state index is 11.5. The standard InChI is InChI=1S/C15H23NO2/c1-16-9-5-7-13(11-16)14-8-4-3-6-12(14)10-15(17)18-2/h5,7,9,12,14H,3-4,6,8,10-11H2,1-2H3/t12-,14+/m0/s1. The maximum Gasteiger partial charge on any atom is 0.305 e. The first-order chi connectivity index (χ1) is 8.70. The van der Waals surface area contributed by atoms with E-state index in [0.29, 0.717) is 18.3 Å². The van der Waals surface area contributed by atoms with Gasteiger partial charge >= 0.3 is 5.97 Å². The number of carbonyl (C=O) groups is 1. The first-order valence-electron chi connectivity index (χ1n) is 6.85. The van der Waals surface area contributed by atoms with Crippen LogP contribution in [0, 0.1) is 11.8 Å². The smallest absolute Gasteiger partial charge is 0.305 e. The number of methoxy groups -OCH3 is 1. The van der Waals surface area contributed by atoms with Crippen LogP contribution in [-0.2, 0) is 9.53 Å². The maximum absolute atomic E-state index is 11.5. The minimum atomic E-state index is -0.0628. The lowest BCUT2D eigenvalue weighted by Crippen LogP contribution is -2.29. The zero-order valence-electron chi connectivity index (χ0n) is 11.4. The van der Waals surface area contributed by atoms with Gasteiger partial charge in [0.25, 0.3) is 0 Å². The van der Waals surface area contributed by atoms with Crippen molar-refractivity contribution in [1.82, 2.24) is 4.90 Å². The van der Waals surface area contributed by atoms with E-state index in [1.165, 1.54) is 31.9 Å². The predicted molar refractivity (Wildman–Crippen MR) is 71.9 cm³/mol. The second-order valence-corrected chi connectivity index (χ2v) is 5.43. The minimum absolute atomic E-state index is 0.0628. The Morgan fingerprint density at radius 2 is 2.22 bits per heavy atom. The number of rotatable bonds is 3. The Morgan fingerprint density at radius 3 is 2.94 bits per heavy atom. The zero-order valence-corrected chi connectivity index (χ0v) is 11.4. The molecule has 0 aromatic rings. The van der Waals surface area contributed by atoms with Gasteiger partial charge in [-0.05, 0) is 42.5 Å². The Balaban J connectivity index is 2.05. The van der Waals surface area contributed by atoms with E-state index in [-0.39, 0.29) is 5.97 Å². The van der Waals surface area contributed by atoms with Crippen LogP contribution in [0.3, 0.4) is 0 Å². The first kappa shape index (κ1) is 13.2. The monoisotopic (exact) mass is 249 g/mol. The number of hydrogen-bond donors (Lipinski definition) is 0. The van der Waals surface area contributed by atoms with Crippen molar-refractivity contribution in [3.05, 3.63) is 23.9 Å². The van der Waals surface area contributed by atoms with Gasteiger partial charge in [0.2, 0.25) is 0 Å². The summed E-state index contributed by atoms with van der Waals surface area (Å²) >= 11 is 0. The van der Waals surface area contributed by atoms with Crippen molar-refractivity contribution in [2.75, 3.05) is 20.7 Å². The molecule has 0 amide bonds. The van der Waals surface area contributed by atoms with E-state index >= 15 is 0 Å². The summed E-state index contributed by atoms with van der Waals surface area (Å²) in [6.07, 6.45) is 11.9. The van der Waals surface area contributed by atoms with Crippen LogP contribution in [0.4, 0.5) is 0 Å². The van der Waals surface area contributed by atoms with Crippen LogP contribution in [0.5, 0.6) is 0 Å². The molecule has 0 radical (unpaired) electrons. The van der Waals surface area contributed by atoms with Crippen molar-refractivity contribution in [3.63, 3.8) is 0 Å². The van der Waals surface area contributed by atoms with E-state index in [0.717, 1.165) is 13.0 Å². The van der Waals surface area contributed by atoms with Gasteiger partial charge in [0.15, 0.2) is 0 Å². The lowest BCUT2D eigenvalue weighted by molar-refractivity contribution is -0.142. The molecular formula is C15H23NO2. The number of carbonyl (C=O) groups excluding carboxylic acids is 1. The highest BCUT2D eigenvalue weighted by Crippen LogP contribution is 2.38. The Hall–Kier alpha value is -1.25. The van der Waals surface area contributed by atoms with E-state index in [1.807, 2.05) is 0 Å². The molecule has 3 nitrogen and oxygen atoms in total. The third-order valence-corrected chi connectivity index (χ3v) is 4.12. The number of nitrogens with zero attached hydrogens (tertiary/aromatic N) is 1. The average Bonchev–Trinajstić information content (AvgIpc) is 2.39. The van der Waals surface area contributed by atoms with Crippen LogP contribution in [-0.4, -0.2) is 31.6 Å². The van der Waals surface area contributed by atoms with Gasteiger partial charge in [-0.1, -0.05) is 18.9 Å². The molecule has 1 aliphatic carbocycles. The molecule has 18 heavy (non-hydrogen) atoms. The number of allylic oxidation sites excluding steroid dienone is 2. The van der Waals surface area contributed by atoms with Crippen LogP contribution in [0.25, 0.3) is 0 Å². The van der Waals surface area contributed by atoms with Crippen LogP contribution < -0.4 is 0 Å². The molecule has 3 heteroatoms. The molecule has 1 fully saturated rings. The molecule has 0 aromatic heterocycles. The first-order valence-corrected chi connectivity index (χ1v) is 6.85. The summed E-state index contributed by atoms with van der Waals surface area (Å²) in [7, 11) is 3.58. The highest BCUT2D eigenvalue weighted by atomic mass is 16.5. The average molecular weight is 249 g/mol. The SMILES string of the molecule is COC(=O)C[C@@H]1CCCC[C@H]1C1=CC=CN(C)C1. The Kier molecular flexibility index (Phi) is 4.45. The fraction of sp³-hybridized carbons (Fsp3) is 0.667. The predicted octanol–water partition coefficient (Wildman–Crippen LogP) is 2.74. The van der Waals surface area contributed by atoms with Gasteiger partial charge in [-0.15, -0.1) is 0 Å². The van der Waals surface area contributed by atoms with E-state index in [1.54, 1.807) is 0 Å². The molecule has 0 spiro atoms. The summed E-state index contributed by atoms with van der Waals surface area (Å²) < 4.78 is 4.83. The molecule has 1 heterocycles. The lowest BCUT2D eigenvalue weighted by Gasteiger charge is -2.35. The summed E-state index contributed by atoms with van der Waals surface area (Å²) in [6, 6.07) is 0. The van der Waals surface area contributed by atoms with Crippen LogP contribution in [0.1, 0.15) is 32.1 Å². The van der Waals surface area contributed by atoms with Crippen molar-refractivity contribution >= 4 is 5.97 Å². The van der Waals surface area contributed by atoms with E-state index in [9.17, 15) is 4.79 Å². The van der Waals surface area contributed by atoms with E-state index in [2.05, 4.69) is 30.3 Å². The molecule has 0 bridgehead atoms. The lowest BCUT2D eigenvalue weighted by atomic mass is 9.73. The number of ether oxygens (including phenoxy) is 1. The van der Waals surface area contributed by atoms with Crippen LogP contribution in [0.15, 0.2) is 23.9 Å². The summed E-state index contributed by atoms with van der Waals surface area (Å²) in [5.74, 6) is 0.967. The fourth-order valence-electron chi connectivity index (χ4n) is 3.19. The van der Waals surface area contributed by atoms with Crippen LogP contribution in [0.2, 0.25) is 0 Å². The fourth-order valence-corrected chi connectivity index (χ4v) is 3.19.